The van der Waals surface area contributed by atoms with Gasteiger partial charge in [0, 0.05) is 50.6 Å². The average molecular weight is 541 g/mol. The number of nitrogens with two attached hydrogens (primary N) is 1. The van der Waals surface area contributed by atoms with Gasteiger partial charge in [-0.15, -0.1) is 0 Å². The zero-order chi connectivity index (χ0) is 28.1. The van der Waals surface area contributed by atoms with Gasteiger partial charge in [-0.2, -0.15) is 0 Å². The van der Waals surface area contributed by atoms with Crippen molar-refractivity contribution in [1.29, 1.82) is 0 Å². The van der Waals surface area contributed by atoms with Gasteiger partial charge < -0.3 is 29.6 Å². The Labute approximate surface area is 234 Å². The minimum absolute atomic E-state index is 0.0279. The number of hydrogen-bond donors (Lipinski definition) is 1. The first kappa shape index (κ1) is 27.4. The molecule has 1 fully saturated rings. The summed E-state index contributed by atoms with van der Waals surface area (Å²) in [4.78, 5) is 25.9. The third-order valence-corrected chi connectivity index (χ3v) is 7.37. The molecule has 1 aliphatic heterocycles. The molecule has 2 N–H and O–H groups in total. The summed E-state index contributed by atoms with van der Waals surface area (Å²) in [6.07, 6.45) is 5.94. The van der Waals surface area contributed by atoms with Crippen LogP contribution in [0.2, 0.25) is 0 Å². The molecule has 4 aromatic rings. The number of carbonyl (C=O) groups excluding carboxylic acids is 1. The van der Waals surface area contributed by atoms with Gasteiger partial charge in [-0.25, -0.2) is 9.97 Å². The number of likely N-dealkylation sites (tertiary alicyclic amines) is 1. The molecule has 0 unspecified atom stereocenters. The monoisotopic (exact) mass is 540 g/mol. The second-order valence-electron chi connectivity index (χ2n) is 10.1. The van der Waals surface area contributed by atoms with Crippen LogP contribution in [0.25, 0.3) is 22.2 Å². The summed E-state index contributed by atoms with van der Waals surface area (Å²) < 4.78 is 13.3. The predicted octanol–water partition coefficient (Wildman–Crippen LogP) is 4.69. The van der Waals surface area contributed by atoms with Crippen LogP contribution < -0.4 is 10.5 Å². The third-order valence-electron chi connectivity index (χ3n) is 7.37. The van der Waals surface area contributed by atoms with Crippen molar-refractivity contribution < 1.29 is 14.3 Å². The van der Waals surface area contributed by atoms with Gasteiger partial charge in [-0.3, -0.25) is 4.79 Å². The van der Waals surface area contributed by atoms with Crippen molar-refractivity contribution in [3.63, 3.8) is 0 Å². The number of rotatable bonds is 10. The van der Waals surface area contributed by atoms with Crippen molar-refractivity contribution in [2.24, 2.45) is 0 Å². The largest absolute Gasteiger partial charge is 0.457 e. The molecule has 1 saturated heterocycles. The highest BCUT2D eigenvalue weighted by atomic mass is 16.5. The smallest absolute Gasteiger partial charge is 0.246 e. The Morgan fingerprint density at radius 3 is 2.62 bits per heavy atom. The highest BCUT2D eigenvalue weighted by Crippen LogP contribution is 2.40. The number of amides is 1. The Balaban J connectivity index is 1.37. The van der Waals surface area contributed by atoms with E-state index in [1.165, 1.54) is 6.33 Å². The van der Waals surface area contributed by atoms with Gasteiger partial charge in [-0.05, 0) is 50.2 Å². The molecule has 0 saturated carbocycles. The quantitative estimate of drug-likeness (QED) is 0.292. The van der Waals surface area contributed by atoms with Gasteiger partial charge in [0.25, 0.3) is 0 Å². The molecule has 0 spiro atoms. The Bertz CT molecular complexity index is 1480. The van der Waals surface area contributed by atoms with E-state index in [4.69, 9.17) is 15.2 Å². The highest BCUT2D eigenvalue weighted by molar-refractivity contribution is 6.02. The summed E-state index contributed by atoms with van der Waals surface area (Å²) in [5, 5.41) is 0.834. The molecule has 40 heavy (non-hydrogen) atoms. The van der Waals surface area contributed by atoms with E-state index in [1.807, 2.05) is 72.6 Å². The van der Waals surface area contributed by atoms with E-state index in [0.29, 0.717) is 32.1 Å². The van der Waals surface area contributed by atoms with Gasteiger partial charge in [0.2, 0.25) is 5.91 Å². The van der Waals surface area contributed by atoms with Crippen molar-refractivity contribution in [2.75, 3.05) is 52.7 Å². The maximum absolute atomic E-state index is 12.9. The molecular formula is C31H36N6O3. The Morgan fingerprint density at radius 1 is 1.12 bits per heavy atom. The van der Waals surface area contributed by atoms with Crippen LogP contribution in [0.5, 0.6) is 11.5 Å². The van der Waals surface area contributed by atoms with Crippen LogP contribution >= 0.6 is 0 Å². The van der Waals surface area contributed by atoms with Crippen molar-refractivity contribution in [1.82, 2.24) is 24.3 Å². The van der Waals surface area contributed by atoms with Crippen molar-refractivity contribution in [3.8, 4) is 22.6 Å². The highest BCUT2D eigenvalue weighted by Gasteiger charge is 2.31. The lowest BCUT2D eigenvalue weighted by Crippen LogP contribution is -2.28. The fraction of sp³-hybridized carbons (Fsp3) is 0.323. The molecule has 1 amide bonds. The zero-order valence-electron chi connectivity index (χ0n) is 23.3. The Morgan fingerprint density at radius 2 is 1.88 bits per heavy atom. The molecule has 208 valence electrons. The van der Waals surface area contributed by atoms with Crippen LogP contribution in [0, 0.1) is 6.92 Å². The first-order valence-electron chi connectivity index (χ1n) is 13.5. The number of ether oxygens (including phenoxy) is 2. The molecule has 0 bridgehead atoms. The molecule has 0 radical (unpaired) electrons. The maximum Gasteiger partial charge on any atom is 0.246 e. The normalized spacial score (nSPS) is 15.5. The van der Waals surface area contributed by atoms with E-state index in [2.05, 4.69) is 26.4 Å². The van der Waals surface area contributed by atoms with Gasteiger partial charge in [-0.1, -0.05) is 36.4 Å². The molecule has 5 rings (SSSR count). The van der Waals surface area contributed by atoms with Crippen LogP contribution in [0.3, 0.4) is 0 Å². The van der Waals surface area contributed by atoms with Crippen LogP contribution in [0.15, 0.2) is 73.1 Å². The zero-order valence-corrected chi connectivity index (χ0v) is 23.3. The second-order valence-corrected chi connectivity index (χ2v) is 10.1. The standard InChI is InChI=1S/C31H36N6O3/c1-22-28(23-11-13-26(14-12-23)40-25-8-5-4-6-9-25)29-30(32)33-21-34-31(29)37(22)24-15-17-36(20-24)27(38)10-7-16-35(2)18-19-39-3/h4-14,21,24H,15-20H2,1-3H3,(H2,32,33,34)/t24-/m1/s1. The number of aromatic nitrogens is 3. The minimum Gasteiger partial charge on any atom is -0.457 e. The van der Waals surface area contributed by atoms with Gasteiger partial charge in [0.1, 0.15) is 29.3 Å². The number of para-hydroxylation sites is 1. The number of nitrogen functional groups attached to an aromatic ring is 1. The minimum atomic E-state index is 0.0279. The fourth-order valence-electron chi connectivity index (χ4n) is 5.32. The Kier molecular flexibility index (Phi) is 8.42. The molecular weight excluding hydrogens is 504 g/mol. The number of methoxy groups -OCH3 is 1. The number of anilines is 1. The summed E-state index contributed by atoms with van der Waals surface area (Å²) in [6, 6.07) is 17.8. The first-order valence-corrected chi connectivity index (χ1v) is 13.5. The number of benzene rings is 2. The van der Waals surface area contributed by atoms with Crippen molar-refractivity contribution in [2.45, 2.75) is 19.4 Å². The number of carbonyl (C=O) groups is 1. The number of hydrogen-bond acceptors (Lipinski definition) is 7. The van der Waals surface area contributed by atoms with Crippen LogP contribution in [0.1, 0.15) is 18.2 Å². The molecule has 1 aliphatic rings. The molecule has 3 heterocycles. The summed E-state index contributed by atoms with van der Waals surface area (Å²) in [5.74, 6) is 2.01. The fourth-order valence-corrected chi connectivity index (χ4v) is 5.32. The van der Waals surface area contributed by atoms with Crippen molar-refractivity contribution in [3.05, 3.63) is 78.8 Å². The second kappa shape index (κ2) is 12.3. The van der Waals surface area contributed by atoms with Crippen molar-refractivity contribution >= 4 is 22.8 Å². The van der Waals surface area contributed by atoms with Gasteiger partial charge in [0.15, 0.2) is 0 Å². The molecule has 2 aromatic heterocycles. The first-order chi connectivity index (χ1) is 19.5. The van der Waals surface area contributed by atoms with E-state index in [0.717, 1.165) is 52.3 Å². The topological polar surface area (TPSA) is 98.7 Å². The van der Waals surface area contributed by atoms with E-state index >= 15 is 0 Å². The Hall–Kier alpha value is -4.21. The summed E-state index contributed by atoms with van der Waals surface area (Å²) in [5.41, 5.74) is 10.3. The van der Waals surface area contributed by atoms with E-state index in [-0.39, 0.29) is 11.9 Å². The molecule has 1 atom stereocenters. The van der Waals surface area contributed by atoms with Gasteiger partial charge in [0.05, 0.1) is 18.0 Å². The van der Waals surface area contributed by atoms with E-state index < -0.39 is 0 Å². The number of likely N-dealkylation sites (N-methyl/N-ethyl adjacent to an activating group) is 1. The summed E-state index contributed by atoms with van der Waals surface area (Å²) in [7, 11) is 3.70. The molecule has 9 nitrogen and oxygen atoms in total. The van der Waals surface area contributed by atoms with Crippen LogP contribution in [-0.2, 0) is 9.53 Å². The molecule has 9 heteroatoms. The SMILES string of the molecule is COCCN(C)CC=CC(=O)N1CC[C@@H](n2c(C)c(-c3ccc(Oc4ccccc4)cc3)c3c(N)ncnc32)C1. The summed E-state index contributed by atoms with van der Waals surface area (Å²) >= 11 is 0. The lowest BCUT2D eigenvalue weighted by Gasteiger charge is -2.18. The average Bonchev–Trinajstić information content (AvgIpc) is 3.56. The number of fused-ring (bicyclic) bond motifs is 1. The van der Waals surface area contributed by atoms with Crippen LogP contribution in [0.4, 0.5) is 5.82 Å². The number of nitrogens with zero attached hydrogens (tertiary/aromatic N) is 5. The van der Waals surface area contributed by atoms with Gasteiger partial charge >= 0.3 is 0 Å². The lowest BCUT2D eigenvalue weighted by molar-refractivity contribution is -0.125. The summed E-state index contributed by atoms with van der Waals surface area (Å²) in [6.45, 7) is 5.57. The molecule has 0 aliphatic carbocycles. The lowest BCUT2D eigenvalue weighted by atomic mass is 10.0. The predicted molar refractivity (Wildman–Crippen MR) is 157 cm³/mol. The maximum atomic E-state index is 12.9. The third kappa shape index (κ3) is 5.85. The molecule has 2 aromatic carbocycles. The van der Waals surface area contributed by atoms with E-state index in [9.17, 15) is 4.79 Å². The van der Waals surface area contributed by atoms with E-state index in [1.54, 1.807) is 13.2 Å². The van der Waals surface area contributed by atoms with Crippen LogP contribution in [-0.4, -0.2) is 77.2 Å².